The van der Waals surface area contributed by atoms with Gasteiger partial charge in [-0.1, -0.05) is 0 Å². The van der Waals surface area contributed by atoms with Gasteiger partial charge in [0.2, 0.25) is 0 Å². The highest BCUT2D eigenvalue weighted by Crippen LogP contribution is 2.23. The Morgan fingerprint density at radius 2 is 1.89 bits per heavy atom. The van der Waals surface area contributed by atoms with Crippen LogP contribution in [0, 0.1) is 36.5 Å². The van der Waals surface area contributed by atoms with Crippen molar-refractivity contribution >= 4 is 5.82 Å². The molecule has 0 aliphatic heterocycles. The van der Waals surface area contributed by atoms with Crippen LogP contribution in [0.3, 0.4) is 0 Å². The lowest BCUT2D eigenvalue weighted by atomic mass is 10.1. The zero-order valence-corrected chi connectivity index (χ0v) is 11.2. The van der Waals surface area contributed by atoms with Crippen LogP contribution in [-0.4, -0.2) is 22.8 Å². The highest BCUT2D eigenvalue weighted by atomic mass is 15.3. The van der Waals surface area contributed by atoms with Crippen molar-refractivity contribution in [2.24, 2.45) is 0 Å². The number of rotatable bonds is 4. The van der Waals surface area contributed by atoms with Gasteiger partial charge in [-0.3, -0.25) is 0 Å². The third-order valence-corrected chi connectivity index (χ3v) is 2.91. The second-order valence-corrected chi connectivity index (χ2v) is 4.42. The second-order valence-electron chi connectivity index (χ2n) is 4.42. The van der Waals surface area contributed by atoms with E-state index in [4.69, 9.17) is 5.26 Å². The summed E-state index contributed by atoms with van der Waals surface area (Å²) in [7, 11) is 0. The van der Waals surface area contributed by atoms with E-state index in [1.165, 1.54) is 0 Å². The number of aromatic nitrogens is 2. The Labute approximate surface area is 108 Å². The fourth-order valence-electron chi connectivity index (χ4n) is 1.71. The lowest BCUT2D eigenvalue weighted by Gasteiger charge is -2.27. The zero-order chi connectivity index (χ0) is 13.7. The van der Waals surface area contributed by atoms with Crippen molar-refractivity contribution in [2.45, 2.75) is 40.2 Å². The van der Waals surface area contributed by atoms with Crippen molar-refractivity contribution < 1.29 is 0 Å². The first-order valence-corrected chi connectivity index (χ1v) is 5.90. The molecule has 0 spiro atoms. The first-order chi connectivity index (χ1) is 8.52. The molecule has 0 N–H and O–H groups in total. The smallest absolute Gasteiger partial charge is 0.169 e. The summed E-state index contributed by atoms with van der Waals surface area (Å²) in [5.74, 6) is 0.575. The molecule has 0 aliphatic carbocycles. The fraction of sp³-hybridized carbons (Fsp3) is 0.538. The van der Waals surface area contributed by atoms with Gasteiger partial charge in [0.15, 0.2) is 5.82 Å². The average Bonchev–Trinajstić information content (AvgIpc) is 2.33. The van der Waals surface area contributed by atoms with E-state index < -0.39 is 0 Å². The summed E-state index contributed by atoms with van der Waals surface area (Å²) in [6, 6.07) is 4.47. The topological polar surface area (TPSA) is 76.6 Å². The van der Waals surface area contributed by atoms with Crippen LogP contribution in [0.15, 0.2) is 0 Å². The highest BCUT2D eigenvalue weighted by Gasteiger charge is 2.19. The largest absolute Gasteiger partial charge is 0.351 e. The molecule has 0 saturated carbocycles. The summed E-state index contributed by atoms with van der Waals surface area (Å²) in [5, 5.41) is 26.2. The van der Waals surface area contributed by atoms with Crippen LogP contribution in [0.2, 0.25) is 0 Å². The van der Waals surface area contributed by atoms with Crippen molar-refractivity contribution in [1.29, 1.82) is 10.5 Å². The Kier molecular flexibility index (Phi) is 4.62. The molecule has 5 heteroatoms. The lowest BCUT2D eigenvalue weighted by molar-refractivity contribution is 0.667. The first-order valence-electron chi connectivity index (χ1n) is 5.90. The van der Waals surface area contributed by atoms with Crippen LogP contribution >= 0.6 is 0 Å². The maximum Gasteiger partial charge on any atom is 0.169 e. The van der Waals surface area contributed by atoms with Crippen molar-refractivity contribution in [3.63, 3.8) is 0 Å². The molecule has 1 rings (SSSR count). The third-order valence-electron chi connectivity index (χ3n) is 2.91. The van der Waals surface area contributed by atoms with E-state index in [0.717, 1.165) is 11.3 Å². The fourth-order valence-corrected chi connectivity index (χ4v) is 1.71. The molecule has 1 aromatic heterocycles. The van der Waals surface area contributed by atoms with E-state index in [-0.39, 0.29) is 6.04 Å². The molecule has 18 heavy (non-hydrogen) atoms. The molecule has 0 aliphatic rings. The van der Waals surface area contributed by atoms with Gasteiger partial charge in [0, 0.05) is 12.6 Å². The normalized spacial score (nSPS) is 9.94. The molecule has 0 radical (unpaired) electrons. The van der Waals surface area contributed by atoms with E-state index in [0.29, 0.717) is 24.3 Å². The number of anilines is 1. The van der Waals surface area contributed by atoms with Gasteiger partial charge >= 0.3 is 0 Å². The standard InChI is InChI=1S/C13H17N5/c1-9(2)18(7-5-6-14)13-12(8-15)10(3)11(4)16-17-13/h9H,5,7H2,1-4H3. The van der Waals surface area contributed by atoms with E-state index in [1.807, 2.05) is 32.6 Å². The minimum atomic E-state index is 0.168. The molecule has 94 valence electrons. The second kappa shape index (κ2) is 5.97. The average molecular weight is 243 g/mol. The SMILES string of the molecule is Cc1nnc(N(CCC#N)C(C)C)c(C#N)c1C. The number of hydrogen-bond acceptors (Lipinski definition) is 5. The monoisotopic (exact) mass is 243 g/mol. The summed E-state index contributed by atoms with van der Waals surface area (Å²) in [6.45, 7) is 8.28. The minimum absolute atomic E-state index is 0.168. The maximum atomic E-state index is 9.27. The molecule has 1 aromatic rings. The molecule has 0 aromatic carbocycles. The van der Waals surface area contributed by atoms with Gasteiger partial charge in [0.05, 0.1) is 18.2 Å². The number of hydrogen-bond donors (Lipinski definition) is 0. The predicted molar refractivity (Wildman–Crippen MR) is 68.9 cm³/mol. The van der Waals surface area contributed by atoms with Gasteiger partial charge in [0.25, 0.3) is 0 Å². The molecule has 5 nitrogen and oxygen atoms in total. The third kappa shape index (κ3) is 2.75. The summed E-state index contributed by atoms with van der Waals surface area (Å²) >= 11 is 0. The molecule has 1 heterocycles. The quantitative estimate of drug-likeness (QED) is 0.809. The summed E-state index contributed by atoms with van der Waals surface area (Å²) in [4.78, 5) is 1.95. The van der Waals surface area contributed by atoms with E-state index in [9.17, 15) is 5.26 Å². The Morgan fingerprint density at radius 1 is 1.22 bits per heavy atom. The van der Waals surface area contributed by atoms with Crippen molar-refractivity contribution in [1.82, 2.24) is 10.2 Å². The Balaban J connectivity index is 3.25. The molecule has 0 fully saturated rings. The first kappa shape index (κ1) is 13.9. The number of aryl methyl sites for hydroxylation is 1. The zero-order valence-electron chi connectivity index (χ0n) is 11.2. The van der Waals surface area contributed by atoms with Crippen LogP contribution in [0.4, 0.5) is 5.82 Å². The molecule has 0 amide bonds. The van der Waals surface area contributed by atoms with Gasteiger partial charge in [0.1, 0.15) is 11.6 Å². The van der Waals surface area contributed by atoms with Gasteiger partial charge < -0.3 is 4.90 Å². The van der Waals surface area contributed by atoms with Crippen LogP contribution < -0.4 is 4.90 Å². The van der Waals surface area contributed by atoms with Crippen molar-refractivity contribution in [3.05, 3.63) is 16.8 Å². The van der Waals surface area contributed by atoms with Crippen LogP contribution in [0.5, 0.6) is 0 Å². The highest BCUT2D eigenvalue weighted by molar-refractivity contribution is 5.57. The molecule has 0 unspecified atom stereocenters. The Morgan fingerprint density at radius 3 is 2.39 bits per heavy atom. The summed E-state index contributed by atoms with van der Waals surface area (Å²) in [5.41, 5.74) is 2.17. The van der Waals surface area contributed by atoms with Gasteiger partial charge in [-0.15, -0.1) is 5.10 Å². The predicted octanol–water partition coefficient (Wildman–Crippen LogP) is 2.09. The van der Waals surface area contributed by atoms with Crippen molar-refractivity contribution in [3.8, 4) is 12.1 Å². The lowest BCUT2D eigenvalue weighted by Crippen LogP contribution is -2.33. The molecular formula is C13H17N5. The van der Waals surface area contributed by atoms with Crippen LogP contribution in [0.25, 0.3) is 0 Å². The number of nitrogens with zero attached hydrogens (tertiary/aromatic N) is 5. The molecular weight excluding hydrogens is 226 g/mol. The Hall–Kier alpha value is -2.14. The molecule has 0 saturated heterocycles. The maximum absolute atomic E-state index is 9.27. The van der Waals surface area contributed by atoms with Crippen LogP contribution in [0.1, 0.15) is 37.1 Å². The van der Waals surface area contributed by atoms with Crippen LogP contribution in [-0.2, 0) is 0 Å². The van der Waals surface area contributed by atoms with E-state index in [1.54, 1.807) is 0 Å². The minimum Gasteiger partial charge on any atom is -0.351 e. The molecule has 0 atom stereocenters. The summed E-state index contributed by atoms with van der Waals surface area (Å²) < 4.78 is 0. The van der Waals surface area contributed by atoms with Gasteiger partial charge in [-0.25, -0.2) is 0 Å². The molecule has 0 bridgehead atoms. The van der Waals surface area contributed by atoms with E-state index >= 15 is 0 Å². The van der Waals surface area contributed by atoms with E-state index in [2.05, 4.69) is 22.3 Å². The van der Waals surface area contributed by atoms with Crippen molar-refractivity contribution in [2.75, 3.05) is 11.4 Å². The van der Waals surface area contributed by atoms with Gasteiger partial charge in [-0.05, 0) is 33.3 Å². The number of nitriles is 2. The summed E-state index contributed by atoms with van der Waals surface area (Å²) in [6.07, 6.45) is 0.400. The van der Waals surface area contributed by atoms with Gasteiger partial charge in [-0.2, -0.15) is 15.6 Å². The Bertz CT molecular complexity index is 507.